The molecule has 0 radical (unpaired) electrons. The number of thiazole rings is 1. The van der Waals surface area contributed by atoms with E-state index >= 15 is 0 Å². The van der Waals surface area contributed by atoms with Crippen molar-refractivity contribution in [1.82, 2.24) is 4.98 Å². The topological polar surface area (TPSA) is 30.0 Å². The van der Waals surface area contributed by atoms with Gasteiger partial charge in [-0.15, -0.1) is 11.3 Å². The molecule has 3 heteroatoms. The van der Waals surface area contributed by atoms with E-state index in [-0.39, 0.29) is 5.78 Å². The van der Waals surface area contributed by atoms with Gasteiger partial charge in [-0.05, 0) is 38.2 Å². The molecule has 16 heavy (non-hydrogen) atoms. The number of aromatic nitrogens is 1. The standard InChI is InChI=1S/C13H17NOS/c1-10-14-12(9-16-10)13(15)11-7-5-3-2-4-6-8-11/h7,9H,2-6,8H2,1H3. The monoisotopic (exact) mass is 235 g/mol. The third-order valence-electron chi connectivity index (χ3n) is 2.93. The summed E-state index contributed by atoms with van der Waals surface area (Å²) in [5.41, 5.74) is 1.61. The predicted molar refractivity (Wildman–Crippen MR) is 67.0 cm³/mol. The van der Waals surface area contributed by atoms with Gasteiger partial charge in [-0.25, -0.2) is 4.98 Å². The SMILES string of the molecule is Cc1nc(C(=O)C2=CCCCCCC2)cs1. The molecule has 0 saturated carbocycles. The molecule has 0 aromatic carbocycles. The summed E-state index contributed by atoms with van der Waals surface area (Å²) in [5, 5.41) is 2.84. The molecule has 0 atom stereocenters. The Morgan fingerprint density at radius 2 is 2.12 bits per heavy atom. The number of allylic oxidation sites excluding steroid dienone is 2. The number of hydrogen-bond acceptors (Lipinski definition) is 3. The first-order chi connectivity index (χ1) is 7.77. The zero-order chi connectivity index (χ0) is 11.4. The Morgan fingerprint density at radius 3 is 2.88 bits per heavy atom. The molecule has 1 aliphatic rings. The average Bonchev–Trinajstić information content (AvgIpc) is 2.63. The fourth-order valence-electron chi connectivity index (χ4n) is 2.03. The number of carbonyl (C=O) groups excluding carboxylic acids is 1. The molecule has 0 N–H and O–H groups in total. The highest BCUT2D eigenvalue weighted by Gasteiger charge is 2.15. The van der Waals surface area contributed by atoms with Crippen LogP contribution < -0.4 is 0 Å². The zero-order valence-corrected chi connectivity index (χ0v) is 10.5. The summed E-state index contributed by atoms with van der Waals surface area (Å²) in [6.07, 6.45) is 9.00. The van der Waals surface area contributed by atoms with Crippen LogP contribution in [0.4, 0.5) is 0 Å². The van der Waals surface area contributed by atoms with Gasteiger partial charge in [0, 0.05) is 5.38 Å². The van der Waals surface area contributed by atoms with E-state index < -0.39 is 0 Å². The molecule has 0 bridgehead atoms. The number of ketones is 1. The van der Waals surface area contributed by atoms with E-state index in [1.165, 1.54) is 19.3 Å². The Bertz CT molecular complexity index is 406. The molecular formula is C13H17NOS. The zero-order valence-electron chi connectivity index (χ0n) is 9.66. The van der Waals surface area contributed by atoms with Crippen LogP contribution in [0.15, 0.2) is 17.0 Å². The molecule has 1 aromatic heterocycles. The molecule has 0 unspecified atom stereocenters. The van der Waals surface area contributed by atoms with Crippen LogP contribution in [0.25, 0.3) is 0 Å². The van der Waals surface area contributed by atoms with E-state index in [0.29, 0.717) is 5.69 Å². The number of carbonyl (C=O) groups is 1. The molecule has 2 nitrogen and oxygen atoms in total. The van der Waals surface area contributed by atoms with Crippen molar-refractivity contribution in [2.75, 3.05) is 0 Å². The van der Waals surface area contributed by atoms with Gasteiger partial charge in [-0.1, -0.05) is 18.9 Å². The molecule has 0 fully saturated rings. The van der Waals surface area contributed by atoms with E-state index in [0.717, 1.165) is 29.8 Å². The Labute approximate surface area is 100 Å². The van der Waals surface area contributed by atoms with Gasteiger partial charge >= 0.3 is 0 Å². The van der Waals surface area contributed by atoms with Crippen molar-refractivity contribution in [3.05, 3.63) is 27.7 Å². The molecule has 0 aliphatic heterocycles. The highest BCUT2D eigenvalue weighted by atomic mass is 32.1. The Morgan fingerprint density at radius 1 is 1.31 bits per heavy atom. The van der Waals surface area contributed by atoms with Gasteiger partial charge in [0.15, 0.2) is 0 Å². The summed E-state index contributed by atoms with van der Waals surface area (Å²) in [4.78, 5) is 16.4. The van der Waals surface area contributed by atoms with Gasteiger partial charge < -0.3 is 0 Å². The second-order valence-electron chi connectivity index (χ2n) is 4.26. The molecule has 2 rings (SSSR count). The second-order valence-corrected chi connectivity index (χ2v) is 5.33. The minimum absolute atomic E-state index is 0.145. The first kappa shape index (κ1) is 11.5. The highest BCUT2D eigenvalue weighted by Crippen LogP contribution is 2.21. The maximum atomic E-state index is 12.2. The summed E-state index contributed by atoms with van der Waals surface area (Å²) in [5.74, 6) is 0.145. The van der Waals surface area contributed by atoms with Gasteiger partial charge in [0.25, 0.3) is 0 Å². The van der Waals surface area contributed by atoms with Crippen LogP contribution in [0.1, 0.15) is 54.0 Å². The minimum atomic E-state index is 0.145. The van der Waals surface area contributed by atoms with Crippen LogP contribution in [0.2, 0.25) is 0 Å². The van der Waals surface area contributed by atoms with Gasteiger partial charge in [-0.3, -0.25) is 4.79 Å². The van der Waals surface area contributed by atoms with Gasteiger partial charge in [0.1, 0.15) is 5.69 Å². The molecule has 1 heterocycles. The maximum absolute atomic E-state index is 12.2. The number of nitrogens with zero attached hydrogens (tertiary/aromatic N) is 1. The highest BCUT2D eigenvalue weighted by molar-refractivity contribution is 7.09. The fourth-order valence-corrected chi connectivity index (χ4v) is 2.62. The van der Waals surface area contributed by atoms with Crippen molar-refractivity contribution in [2.45, 2.75) is 45.4 Å². The van der Waals surface area contributed by atoms with Crippen LogP contribution in [0, 0.1) is 6.92 Å². The number of Topliss-reactive ketones (excluding diaryl/α,β-unsaturated/α-hetero) is 1. The largest absolute Gasteiger partial charge is 0.287 e. The molecular weight excluding hydrogens is 218 g/mol. The lowest BCUT2D eigenvalue weighted by Crippen LogP contribution is -2.05. The van der Waals surface area contributed by atoms with Crippen LogP contribution >= 0.6 is 11.3 Å². The number of rotatable bonds is 2. The maximum Gasteiger partial charge on any atom is 0.207 e. The predicted octanol–water partition coefficient (Wildman–Crippen LogP) is 3.91. The van der Waals surface area contributed by atoms with Crippen LogP contribution in [-0.2, 0) is 0 Å². The Hall–Kier alpha value is -0.960. The molecule has 0 saturated heterocycles. The van der Waals surface area contributed by atoms with Crippen molar-refractivity contribution in [1.29, 1.82) is 0 Å². The van der Waals surface area contributed by atoms with E-state index in [2.05, 4.69) is 11.1 Å². The van der Waals surface area contributed by atoms with Gasteiger partial charge in [0.2, 0.25) is 5.78 Å². The summed E-state index contributed by atoms with van der Waals surface area (Å²) in [6, 6.07) is 0. The van der Waals surface area contributed by atoms with Crippen molar-refractivity contribution in [2.24, 2.45) is 0 Å². The Balaban J connectivity index is 2.13. The summed E-state index contributed by atoms with van der Waals surface area (Å²) < 4.78 is 0. The average molecular weight is 235 g/mol. The second kappa shape index (κ2) is 5.39. The third kappa shape index (κ3) is 2.79. The van der Waals surface area contributed by atoms with Crippen LogP contribution in [0.3, 0.4) is 0 Å². The molecule has 0 spiro atoms. The minimum Gasteiger partial charge on any atom is -0.287 e. The van der Waals surface area contributed by atoms with Crippen LogP contribution in [-0.4, -0.2) is 10.8 Å². The first-order valence-electron chi connectivity index (χ1n) is 5.93. The quantitative estimate of drug-likeness (QED) is 0.727. The summed E-state index contributed by atoms with van der Waals surface area (Å²) >= 11 is 1.55. The van der Waals surface area contributed by atoms with E-state index in [9.17, 15) is 4.79 Å². The first-order valence-corrected chi connectivity index (χ1v) is 6.81. The van der Waals surface area contributed by atoms with Crippen molar-refractivity contribution in [3.63, 3.8) is 0 Å². The lowest BCUT2D eigenvalue weighted by Gasteiger charge is -2.09. The third-order valence-corrected chi connectivity index (χ3v) is 3.71. The van der Waals surface area contributed by atoms with Gasteiger partial charge in [-0.2, -0.15) is 0 Å². The molecule has 1 aliphatic carbocycles. The Kier molecular flexibility index (Phi) is 3.88. The van der Waals surface area contributed by atoms with E-state index in [1.807, 2.05) is 12.3 Å². The number of hydrogen-bond donors (Lipinski definition) is 0. The summed E-state index contributed by atoms with van der Waals surface area (Å²) in [7, 11) is 0. The van der Waals surface area contributed by atoms with Crippen molar-refractivity contribution in [3.8, 4) is 0 Å². The molecule has 86 valence electrons. The van der Waals surface area contributed by atoms with Crippen molar-refractivity contribution >= 4 is 17.1 Å². The lowest BCUT2D eigenvalue weighted by molar-refractivity contribution is 0.102. The molecule has 1 aromatic rings. The normalized spacial score (nSPS) is 17.4. The van der Waals surface area contributed by atoms with Crippen molar-refractivity contribution < 1.29 is 4.79 Å². The summed E-state index contributed by atoms with van der Waals surface area (Å²) in [6.45, 7) is 1.94. The molecule has 0 amide bonds. The smallest absolute Gasteiger partial charge is 0.207 e. The van der Waals surface area contributed by atoms with E-state index in [4.69, 9.17) is 0 Å². The lowest BCUT2D eigenvalue weighted by atomic mass is 9.96. The van der Waals surface area contributed by atoms with E-state index in [1.54, 1.807) is 11.3 Å². The number of aryl methyl sites for hydroxylation is 1. The van der Waals surface area contributed by atoms with Crippen LogP contribution in [0.5, 0.6) is 0 Å². The van der Waals surface area contributed by atoms with Gasteiger partial charge in [0.05, 0.1) is 5.01 Å². The fraction of sp³-hybridized carbons (Fsp3) is 0.538.